The molecule has 0 unspecified atom stereocenters. The van der Waals surface area contributed by atoms with E-state index in [9.17, 15) is 9.59 Å². The number of rotatable bonds is 5. The second-order valence-corrected chi connectivity index (χ2v) is 7.20. The average molecular weight is 344 g/mol. The summed E-state index contributed by atoms with van der Waals surface area (Å²) in [5.74, 6) is 0.134. The van der Waals surface area contributed by atoms with Crippen molar-refractivity contribution in [1.82, 2.24) is 15.2 Å². The SMILES string of the molecule is O=C(CN1CCC[C@H](C(=O)NC2CCCCC2)C1)Nc1ccncc1. The summed E-state index contributed by atoms with van der Waals surface area (Å²) in [5, 5.41) is 6.11. The lowest BCUT2D eigenvalue weighted by Crippen LogP contribution is -2.47. The third-order valence-corrected chi connectivity index (χ3v) is 5.16. The molecule has 0 bridgehead atoms. The van der Waals surface area contributed by atoms with Crippen molar-refractivity contribution in [2.75, 3.05) is 25.0 Å². The van der Waals surface area contributed by atoms with Gasteiger partial charge in [0.25, 0.3) is 0 Å². The summed E-state index contributed by atoms with van der Waals surface area (Å²) in [6.45, 7) is 1.87. The molecule has 136 valence electrons. The number of aromatic nitrogens is 1. The number of amides is 2. The second kappa shape index (κ2) is 8.94. The van der Waals surface area contributed by atoms with Gasteiger partial charge in [-0.25, -0.2) is 0 Å². The number of pyridine rings is 1. The van der Waals surface area contributed by atoms with Crippen LogP contribution in [0.5, 0.6) is 0 Å². The Balaban J connectivity index is 1.45. The smallest absolute Gasteiger partial charge is 0.238 e. The highest BCUT2D eigenvalue weighted by Gasteiger charge is 2.28. The molecule has 2 aliphatic rings. The molecule has 3 rings (SSSR count). The van der Waals surface area contributed by atoms with Gasteiger partial charge in [-0.1, -0.05) is 19.3 Å². The van der Waals surface area contributed by atoms with Crippen LogP contribution < -0.4 is 10.6 Å². The van der Waals surface area contributed by atoms with Crippen molar-refractivity contribution in [3.05, 3.63) is 24.5 Å². The number of likely N-dealkylation sites (tertiary alicyclic amines) is 1. The second-order valence-electron chi connectivity index (χ2n) is 7.20. The van der Waals surface area contributed by atoms with E-state index in [2.05, 4.69) is 20.5 Å². The van der Waals surface area contributed by atoms with Crippen molar-refractivity contribution in [3.63, 3.8) is 0 Å². The Morgan fingerprint density at radius 3 is 2.60 bits per heavy atom. The van der Waals surface area contributed by atoms with Crippen LogP contribution >= 0.6 is 0 Å². The first kappa shape index (κ1) is 17.9. The molecule has 6 nitrogen and oxygen atoms in total. The molecule has 2 fully saturated rings. The van der Waals surface area contributed by atoms with Crippen molar-refractivity contribution in [2.45, 2.75) is 51.0 Å². The minimum atomic E-state index is -0.0421. The number of piperidine rings is 1. The average Bonchev–Trinajstić information content (AvgIpc) is 2.63. The van der Waals surface area contributed by atoms with Crippen molar-refractivity contribution in [3.8, 4) is 0 Å². The minimum absolute atomic E-state index is 0.00408. The summed E-state index contributed by atoms with van der Waals surface area (Å²) in [6, 6.07) is 3.90. The summed E-state index contributed by atoms with van der Waals surface area (Å²) < 4.78 is 0. The summed E-state index contributed by atoms with van der Waals surface area (Å²) in [7, 11) is 0. The van der Waals surface area contributed by atoms with Gasteiger partial charge in [-0.15, -0.1) is 0 Å². The zero-order chi connectivity index (χ0) is 17.5. The highest BCUT2D eigenvalue weighted by atomic mass is 16.2. The van der Waals surface area contributed by atoms with Gasteiger partial charge in [-0.2, -0.15) is 0 Å². The van der Waals surface area contributed by atoms with Gasteiger partial charge in [0.2, 0.25) is 11.8 Å². The first-order valence-corrected chi connectivity index (χ1v) is 9.43. The minimum Gasteiger partial charge on any atom is -0.353 e. The van der Waals surface area contributed by atoms with Gasteiger partial charge >= 0.3 is 0 Å². The maximum atomic E-state index is 12.5. The molecule has 0 aromatic carbocycles. The van der Waals surface area contributed by atoms with Crippen molar-refractivity contribution in [2.24, 2.45) is 5.92 Å². The van der Waals surface area contributed by atoms with E-state index in [0.29, 0.717) is 19.1 Å². The van der Waals surface area contributed by atoms with E-state index in [0.717, 1.165) is 37.9 Å². The molecule has 1 aliphatic carbocycles. The van der Waals surface area contributed by atoms with Gasteiger partial charge in [0.1, 0.15) is 0 Å². The molecule has 0 spiro atoms. The third-order valence-electron chi connectivity index (χ3n) is 5.16. The standard InChI is InChI=1S/C19H28N4O2/c24-18(21-17-8-10-20-11-9-17)14-23-12-4-5-15(13-23)19(25)22-16-6-2-1-3-7-16/h8-11,15-16H,1-7,12-14H2,(H,22,25)(H,20,21,24)/t15-/m0/s1. The summed E-state index contributed by atoms with van der Waals surface area (Å²) in [6.07, 6.45) is 11.1. The normalized spacial score (nSPS) is 22.3. The van der Waals surface area contributed by atoms with Crippen LogP contribution in [-0.4, -0.2) is 47.4 Å². The number of hydrogen-bond acceptors (Lipinski definition) is 4. The molecule has 1 aromatic rings. The Morgan fingerprint density at radius 1 is 1.08 bits per heavy atom. The topological polar surface area (TPSA) is 74.3 Å². The summed E-state index contributed by atoms with van der Waals surface area (Å²) >= 11 is 0. The lowest BCUT2D eigenvalue weighted by molar-refractivity contribution is -0.128. The Labute approximate surface area is 149 Å². The van der Waals surface area contributed by atoms with Gasteiger partial charge in [0, 0.05) is 30.7 Å². The van der Waals surface area contributed by atoms with Crippen LogP contribution in [0.4, 0.5) is 5.69 Å². The van der Waals surface area contributed by atoms with Crippen LogP contribution in [0, 0.1) is 5.92 Å². The van der Waals surface area contributed by atoms with Gasteiger partial charge in [-0.05, 0) is 44.4 Å². The van der Waals surface area contributed by atoms with Crippen LogP contribution in [0.15, 0.2) is 24.5 Å². The van der Waals surface area contributed by atoms with E-state index in [1.807, 2.05) is 0 Å². The van der Waals surface area contributed by atoms with Crippen LogP contribution in [0.2, 0.25) is 0 Å². The maximum absolute atomic E-state index is 12.5. The van der Waals surface area contributed by atoms with E-state index in [1.165, 1.54) is 19.3 Å². The van der Waals surface area contributed by atoms with E-state index < -0.39 is 0 Å². The number of nitrogens with zero attached hydrogens (tertiary/aromatic N) is 2. The third kappa shape index (κ3) is 5.53. The molecule has 25 heavy (non-hydrogen) atoms. The van der Waals surface area contributed by atoms with Crippen LogP contribution in [0.25, 0.3) is 0 Å². The first-order chi connectivity index (χ1) is 12.2. The van der Waals surface area contributed by atoms with Gasteiger partial charge < -0.3 is 10.6 Å². The molecular weight excluding hydrogens is 316 g/mol. The zero-order valence-electron chi connectivity index (χ0n) is 14.7. The summed E-state index contributed by atoms with van der Waals surface area (Å²) in [5.41, 5.74) is 0.753. The van der Waals surface area contributed by atoms with Gasteiger partial charge in [0.05, 0.1) is 12.5 Å². The monoisotopic (exact) mass is 344 g/mol. The van der Waals surface area contributed by atoms with Crippen molar-refractivity contribution < 1.29 is 9.59 Å². The number of anilines is 1. The highest BCUT2D eigenvalue weighted by Crippen LogP contribution is 2.20. The van der Waals surface area contributed by atoms with E-state index in [-0.39, 0.29) is 17.7 Å². The van der Waals surface area contributed by atoms with E-state index in [1.54, 1.807) is 24.5 Å². The molecule has 1 aliphatic heterocycles. The Hall–Kier alpha value is -1.95. The van der Waals surface area contributed by atoms with Gasteiger partial charge in [-0.3, -0.25) is 19.5 Å². The Bertz CT molecular complexity index is 572. The predicted octanol–water partition coefficient (Wildman–Crippen LogP) is 2.18. The fourth-order valence-corrected chi connectivity index (χ4v) is 3.82. The first-order valence-electron chi connectivity index (χ1n) is 9.43. The quantitative estimate of drug-likeness (QED) is 0.859. The molecule has 2 amide bonds. The molecule has 0 radical (unpaired) electrons. The van der Waals surface area contributed by atoms with Crippen LogP contribution in [-0.2, 0) is 9.59 Å². The largest absolute Gasteiger partial charge is 0.353 e. The Morgan fingerprint density at radius 2 is 1.84 bits per heavy atom. The number of hydrogen-bond donors (Lipinski definition) is 2. The Kier molecular flexibility index (Phi) is 6.39. The molecule has 2 heterocycles. The highest BCUT2D eigenvalue weighted by molar-refractivity contribution is 5.92. The van der Waals surface area contributed by atoms with Crippen molar-refractivity contribution >= 4 is 17.5 Å². The predicted molar refractivity (Wildman–Crippen MR) is 97.0 cm³/mol. The fraction of sp³-hybridized carbons (Fsp3) is 0.632. The van der Waals surface area contributed by atoms with Gasteiger partial charge in [0.15, 0.2) is 0 Å². The summed E-state index contributed by atoms with van der Waals surface area (Å²) in [4.78, 5) is 30.8. The number of carbonyl (C=O) groups is 2. The zero-order valence-corrected chi connectivity index (χ0v) is 14.7. The van der Waals surface area contributed by atoms with E-state index in [4.69, 9.17) is 0 Å². The molecular formula is C19H28N4O2. The molecule has 1 saturated heterocycles. The molecule has 1 atom stereocenters. The molecule has 1 saturated carbocycles. The van der Waals surface area contributed by atoms with E-state index >= 15 is 0 Å². The molecule has 2 N–H and O–H groups in total. The van der Waals surface area contributed by atoms with Crippen LogP contribution in [0.3, 0.4) is 0 Å². The fourth-order valence-electron chi connectivity index (χ4n) is 3.82. The molecule has 1 aromatic heterocycles. The molecule has 6 heteroatoms. The number of carbonyl (C=O) groups excluding carboxylic acids is 2. The van der Waals surface area contributed by atoms with Crippen LogP contribution in [0.1, 0.15) is 44.9 Å². The van der Waals surface area contributed by atoms with Crippen molar-refractivity contribution in [1.29, 1.82) is 0 Å². The lowest BCUT2D eigenvalue weighted by Gasteiger charge is -2.33. The maximum Gasteiger partial charge on any atom is 0.238 e. The number of nitrogens with one attached hydrogen (secondary N) is 2. The lowest BCUT2D eigenvalue weighted by atomic mass is 9.93.